The van der Waals surface area contributed by atoms with Gasteiger partial charge in [-0.15, -0.1) is 0 Å². The first kappa shape index (κ1) is 14.4. The number of fused-ring (bicyclic) bond motifs is 1. The second kappa shape index (κ2) is 5.93. The molecule has 0 aromatic carbocycles. The zero-order chi connectivity index (χ0) is 14.0. The maximum atomic E-state index is 12.6. The zero-order valence-electron chi connectivity index (χ0n) is 12.0. The molecule has 0 radical (unpaired) electrons. The predicted molar refractivity (Wildman–Crippen MR) is 72.7 cm³/mol. The molecule has 0 bridgehead atoms. The monoisotopic (exact) mass is 267 g/mol. The number of nitrogens with zero attached hydrogens (tertiary/aromatic N) is 1. The zero-order valence-corrected chi connectivity index (χ0v) is 12.0. The quantitative estimate of drug-likeness (QED) is 0.804. The fourth-order valence-corrected chi connectivity index (χ4v) is 3.57. The molecular formula is C15H25NO3. The van der Waals surface area contributed by atoms with Crippen molar-refractivity contribution >= 4 is 11.9 Å². The number of aliphatic carboxylic acids is 1. The van der Waals surface area contributed by atoms with Crippen LogP contribution in [0.2, 0.25) is 0 Å². The van der Waals surface area contributed by atoms with E-state index < -0.39 is 5.97 Å². The Morgan fingerprint density at radius 3 is 2.26 bits per heavy atom. The molecule has 4 heteroatoms. The van der Waals surface area contributed by atoms with Crippen molar-refractivity contribution in [2.45, 2.75) is 58.4 Å². The Hall–Kier alpha value is -1.06. The van der Waals surface area contributed by atoms with Crippen molar-refractivity contribution in [1.29, 1.82) is 0 Å². The van der Waals surface area contributed by atoms with Crippen molar-refractivity contribution < 1.29 is 14.7 Å². The van der Waals surface area contributed by atoms with E-state index in [0.29, 0.717) is 24.8 Å². The van der Waals surface area contributed by atoms with Gasteiger partial charge in [-0.05, 0) is 44.9 Å². The Kier molecular flexibility index (Phi) is 4.48. The van der Waals surface area contributed by atoms with Gasteiger partial charge < -0.3 is 10.0 Å². The fraction of sp³-hybridized carbons (Fsp3) is 0.867. The number of carbonyl (C=O) groups is 2. The topological polar surface area (TPSA) is 57.6 Å². The molecule has 0 spiro atoms. The second-order valence-electron chi connectivity index (χ2n) is 6.26. The molecule has 0 aliphatic heterocycles. The summed E-state index contributed by atoms with van der Waals surface area (Å²) in [6.07, 6.45) is 5.66. The van der Waals surface area contributed by atoms with Crippen LogP contribution in [0.15, 0.2) is 0 Å². The van der Waals surface area contributed by atoms with Crippen LogP contribution in [-0.2, 0) is 9.59 Å². The number of carboxylic acids is 1. The third-order valence-corrected chi connectivity index (χ3v) is 4.64. The molecule has 2 fully saturated rings. The van der Waals surface area contributed by atoms with Crippen molar-refractivity contribution in [3.05, 3.63) is 0 Å². The van der Waals surface area contributed by atoms with E-state index in [0.717, 1.165) is 0 Å². The van der Waals surface area contributed by atoms with Crippen molar-refractivity contribution in [2.24, 2.45) is 17.8 Å². The molecule has 19 heavy (non-hydrogen) atoms. The molecule has 2 unspecified atom stereocenters. The molecule has 0 saturated heterocycles. The molecule has 2 saturated carbocycles. The maximum Gasteiger partial charge on any atom is 0.303 e. The molecule has 0 aromatic rings. The Balaban J connectivity index is 1.88. The van der Waals surface area contributed by atoms with Gasteiger partial charge in [-0.1, -0.05) is 12.8 Å². The van der Waals surface area contributed by atoms with Crippen molar-refractivity contribution in [1.82, 2.24) is 4.90 Å². The highest BCUT2D eigenvalue weighted by Gasteiger charge is 2.55. The van der Waals surface area contributed by atoms with Crippen molar-refractivity contribution in [2.75, 3.05) is 6.54 Å². The molecule has 1 N–H and O–H groups in total. The molecule has 108 valence electrons. The Morgan fingerprint density at radius 1 is 1.21 bits per heavy atom. The number of hydrogen-bond donors (Lipinski definition) is 1. The molecule has 2 rings (SSSR count). The summed E-state index contributed by atoms with van der Waals surface area (Å²) < 4.78 is 0. The Bertz CT molecular complexity index is 341. The van der Waals surface area contributed by atoms with Crippen LogP contribution in [0.4, 0.5) is 0 Å². The SMILES string of the molecule is CC(C)N(CCCC(=O)O)C(=O)C1C2CCCCC21. The first-order valence-corrected chi connectivity index (χ1v) is 7.54. The first-order valence-electron chi connectivity index (χ1n) is 7.54. The number of amides is 1. The molecule has 0 heterocycles. The lowest BCUT2D eigenvalue weighted by molar-refractivity contribution is -0.139. The molecule has 1 amide bonds. The molecule has 4 nitrogen and oxygen atoms in total. The van der Waals surface area contributed by atoms with Crippen LogP contribution >= 0.6 is 0 Å². The average molecular weight is 267 g/mol. The maximum absolute atomic E-state index is 12.6. The van der Waals surface area contributed by atoms with Gasteiger partial charge >= 0.3 is 5.97 Å². The molecule has 0 aromatic heterocycles. The lowest BCUT2D eigenvalue weighted by Gasteiger charge is -2.27. The van der Waals surface area contributed by atoms with Crippen LogP contribution in [0.5, 0.6) is 0 Å². The highest BCUT2D eigenvalue weighted by Crippen LogP contribution is 2.56. The molecular weight excluding hydrogens is 242 g/mol. The van der Waals surface area contributed by atoms with E-state index in [1.54, 1.807) is 0 Å². The van der Waals surface area contributed by atoms with E-state index in [4.69, 9.17) is 5.11 Å². The van der Waals surface area contributed by atoms with Gasteiger partial charge in [-0.2, -0.15) is 0 Å². The van der Waals surface area contributed by atoms with Gasteiger partial charge in [0.25, 0.3) is 0 Å². The molecule has 2 atom stereocenters. The van der Waals surface area contributed by atoms with E-state index in [-0.39, 0.29) is 24.3 Å². The van der Waals surface area contributed by atoms with E-state index in [1.807, 2.05) is 18.7 Å². The standard InChI is InChI=1S/C15H25NO3/c1-10(2)16(9-5-8-13(17)18)15(19)14-11-6-3-4-7-12(11)14/h10-12,14H,3-9H2,1-2H3,(H,17,18). The third-order valence-electron chi connectivity index (χ3n) is 4.64. The lowest BCUT2D eigenvalue weighted by Crippen LogP contribution is -2.39. The Morgan fingerprint density at radius 2 is 1.79 bits per heavy atom. The van der Waals surface area contributed by atoms with Gasteiger partial charge in [-0.25, -0.2) is 0 Å². The normalized spacial score (nSPS) is 28.9. The van der Waals surface area contributed by atoms with Gasteiger partial charge in [-0.3, -0.25) is 9.59 Å². The van der Waals surface area contributed by atoms with Gasteiger partial charge in [0.05, 0.1) is 0 Å². The van der Waals surface area contributed by atoms with E-state index in [2.05, 4.69) is 0 Å². The number of carboxylic acid groups (broad SMARTS) is 1. The summed E-state index contributed by atoms with van der Waals surface area (Å²) in [5.41, 5.74) is 0. The fourth-order valence-electron chi connectivity index (χ4n) is 3.57. The van der Waals surface area contributed by atoms with Crippen LogP contribution in [0, 0.1) is 17.8 Å². The van der Waals surface area contributed by atoms with Crippen LogP contribution in [0.3, 0.4) is 0 Å². The summed E-state index contributed by atoms with van der Waals surface area (Å²) in [4.78, 5) is 25.0. The van der Waals surface area contributed by atoms with Gasteiger partial charge in [0.15, 0.2) is 0 Å². The summed E-state index contributed by atoms with van der Waals surface area (Å²) in [6, 6.07) is 0.170. The van der Waals surface area contributed by atoms with Crippen LogP contribution in [0.25, 0.3) is 0 Å². The van der Waals surface area contributed by atoms with Crippen LogP contribution in [-0.4, -0.2) is 34.5 Å². The number of hydrogen-bond acceptors (Lipinski definition) is 2. The lowest BCUT2D eigenvalue weighted by atomic mass is 10.0. The minimum Gasteiger partial charge on any atom is -0.481 e. The second-order valence-corrected chi connectivity index (χ2v) is 6.26. The van der Waals surface area contributed by atoms with Crippen LogP contribution < -0.4 is 0 Å². The molecule has 2 aliphatic rings. The van der Waals surface area contributed by atoms with Crippen molar-refractivity contribution in [3.8, 4) is 0 Å². The highest BCUT2D eigenvalue weighted by atomic mass is 16.4. The minimum absolute atomic E-state index is 0.147. The largest absolute Gasteiger partial charge is 0.481 e. The van der Waals surface area contributed by atoms with Gasteiger partial charge in [0, 0.05) is 24.9 Å². The van der Waals surface area contributed by atoms with Gasteiger partial charge in [0.2, 0.25) is 5.91 Å². The Labute approximate surface area is 115 Å². The van der Waals surface area contributed by atoms with E-state index in [1.165, 1.54) is 25.7 Å². The summed E-state index contributed by atoms with van der Waals surface area (Å²) in [6.45, 7) is 4.62. The summed E-state index contributed by atoms with van der Waals surface area (Å²) in [5.74, 6) is 0.993. The number of carbonyl (C=O) groups excluding carboxylic acids is 1. The summed E-state index contributed by atoms with van der Waals surface area (Å²) in [5, 5.41) is 8.69. The van der Waals surface area contributed by atoms with Gasteiger partial charge in [0.1, 0.15) is 0 Å². The molecule has 2 aliphatic carbocycles. The van der Waals surface area contributed by atoms with Crippen LogP contribution in [0.1, 0.15) is 52.4 Å². The van der Waals surface area contributed by atoms with E-state index in [9.17, 15) is 9.59 Å². The minimum atomic E-state index is -0.781. The number of rotatable bonds is 6. The van der Waals surface area contributed by atoms with E-state index >= 15 is 0 Å². The highest BCUT2D eigenvalue weighted by molar-refractivity contribution is 5.82. The predicted octanol–water partition coefficient (Wildman–Crippen LogP) is 2.52. The third kappa shape index (κ3) is 3.28. The smallest absolute Gasteiger partial charge is 0.303 e. The summed E-state index contributed by atoms with van der Waals surface area (Å²) in [7, 11) is 0. The first-order chi connectivity index (χ1) is 9.02. The van der Waals surface area contributed by atoms with Crippen molar-refractivity contribution in [3.63, 3.8) is 0 Å². The summed E-state index contributed by atoms with van der Waals surface area (Å²) >= 11 is 0. The average Bonchev–Trinajstić information content (AvgIpc) is 3.07.